The van der Waals surface area contributed by atoms with Gasteiger partial charge in [-0.05, 0) is 43.5 Å². The van der Waals surface area contributed by atoms with Crippen LogP contribution < -0.4 is 10.0 Å². The van der Waals surface area contributed by atoms with Crippen molar-refractivity contribution in [3.63, 3.8) is 0 Å². The van der Waals surface area contributed by atoms with Gasteiger partial charge in [0, 0.05) is 0 Å². The molecule has 112 valence electrons. The van der Waals surface area contributed by atoms with E-state index in [0.717, 1.165) is 17.8 Å². The molecule has 20 heavy (non-hydrogen) atoms. The van der Waals surface area contributed by atoms with Crippen LogP contribution in [0.2, 0.25) is 0 Å². The van der Waals surface area contributed by atoms with Crippen molar-refractivity contribution in [1.82, 2.24) is 10.0 Å². The summed E-state index contributed by atoms with van der Waals surface area (Å²) in [6, 6.07) is 5.87. The van der Waals surface area contributed by atoms with Crippen LogP contribution in [0.25, 0.3) is 0 Å². The Morgan fingerprint density at radius 1 is 1.15 bits per heavy atom. The number of halogens is 3. The van der Waals surface area contributed by atoms with E-state index < -0.39 is 16.3 Å². The van der Waals surface area contributed by atoms with Crippen LogP contribution in [-0.2, 0) is 10.0 Å². The Labute approximate surface area is 115 Å². The van der Waals surface area contributed by atoms with Crippen molar-refractivity contribution in [3.05, 3.63) is 29.8 Å². The maximum Gasteiger partial charge on any atom is 0.470 e. The molecule has 0 aromatic heterocycles. The zero-order valence-corrected chi connectivity index (χ0v) is 11.4. The number of sulfonamides is 1. The summed E-state index contributed by atoms with van der Waals surface area (Å²) in [6.45, 7) is 1.46. The van der Waals surface area contributed by atoms with Crippen LogP contribution in [0.5, 0.6) is 0 Å². The predicted octanol–water partition coefficient (Wildman–Crippen LogP) is 1.95. The number of alkyl halides is 3. The molecule has 0 saturated carbocycles. The summed E-state index contributed by atoms with van der Waals surface area (Å²) in [5, 5.41) is 3.14. The van der Waals surface area contributed by atoms with Crippen molar-refractivity contribution in [2.75, 3.05) is 13.1 Å². The summed E-state index contributed by atoms with van der Waals surface area (Å²) in [5.41, 5.74) is 0.450. The van der Waals surface area contributed by atoms with E-state index in [1.54, 1.807) is 12.1 Å². The molecule has 1 aromatic carbocycles. The molecule has 8 heteroatoms. The SMILES string of the molecule is O=S(=O)(NC(F)(F)F)c1ccccc1C1CCNCC1. The summed E-state index contributed by atoms with van der Waals surface area (Å²) < 4.78 is 61.4. The van der Waals surface area contributed by atoms with Gasteiger partial charge in [-0.25, -0.2) is 8.42 Å². The van der Waals surface area contributed by atoms with Crippen LogP contribution >= 0.6 is 0 Å². The second kappa shape index (κ2) is 5.71. The Bertz CT molecular complexity index is 566. The van der Waals surface area contributed by atoms with Crippen LogP contribution in [0.1, 0.15) is 24.3 Å². The third-order valence-electron chi connectivity index (χ3n) is 3.24. The average Bonchev–Trinajstić information content (AvgIpc) is 2.37. The van der Waals surface area contributed by atoms with Gasteiger partial charge >= 0.3 is 6.30 Å². The fourth-order valence-corrected chi connectivity index (χ4v) is 3.62. The number of nitrogens with one attached hydrogen (secondary N) is 2. The first-order valence-electron chi connectivity index (χ1n) is 6.20. The highest BCUT2D eigenvalue weighted by atomic mass is 32.2. The van der Waals surface area contributed by atoms with Crippen molar-refractivity contribution in [2.45, 2.75) is 30.0 Å². The Kier molecular flexibility index (Phi) is 4.36. The molecule has 4 nitrogen and oxygen atoms in total. The second-order valence-electron chi connectivity index (χ2n) is 4.67. The van der Waals surface area contributed by atoms with E-state index in [0.29, 0.717) is 18.4 Å². The summed E-state index contributed by atoms with van der Waals surface area (Å²) in [6.07, 6.45) is -3.56. The van der Waals surface area contributed by atoms with Gasteiger partial charge in [0.15, 0.2) is 0 Å². The molecule has 1 aliphatic heterocycles. The van der Waals surface area contributed by atoms with Gasteiger partial charge in [-0.15, -0.1) is 4.72 Å². The standard InChI is InChI=1S/C12H15F3N2O2S/c13-12(14,15)17-20(18,19)11-4-2-1-3-10(11)9-5-7-16-8-6-9/h1-4,9,16-17H,5-8H2. The normalized spacial score (nSPS) is 18.1. The Morgan fingerprint density at radius 3 is 2.35 bits per heavy atom. The average molecular weight is 308 g/mol. The van der Waals surface area contributed by atoms with Gasteiger partial charge in [0.05, 0.1) is 4.90 Å². The molecule has 0 bridgehead atoms. The van der Waals surface area contributed by atoms with E-state index in [4.69, 9.17) is 0 Å². The molecule has 2 rings (SSSR count). The number of hydrogen-bond acceptors (Lipinski definition) is 3. The first-order chi connectivity index (χ1) is 9.30. The summed E-state index contributed by atoms with van der Waals surface area (Å²) >= 11 is 0. The monoisotopic (exact) mass is 308 g/mol. The van der Waals surface area contributed by atoms with Crippen LogP contribution in [0, 0.1) is 0 Å². The molecular weight excluding hydrogens is 293 g/mol. The van der Waals surface area contributed by atoms with E-state index in [-0.39, 0.29) is 10.8 Å². The van der Waals surface area contributed by atoms with Gasteiger partial charge in [0.2, 0.25) is 10.0 Å². The Morgan fingerprint density at radius 2 is 1.75 bits per heavy atom. The lowest BCUT2D eigenvalue weighted by molar-refractivity contribution is -0.138. The fraction of sp³-hybridized carbons (Fsp3) is 0.500. The lowest BCUT2D eigenvalue weighted by Crippen LogP contribution is -2.38. The smallest absolute Gasteiger partial charge is 0.317 e. The van der Waals surface area contributed by atoms with E-state index >= 15 is 0 Å². The molecular formula is C12H15F3N2O2S. The molecule has 0 atom stereocenters. The number of hydrogen-bond donors (Lipinski definition) is 2. The molecule has 0 aliphatic carbocycles. The molecule has 1 heterocycles. The van der Waals surface area contributed by atoms with Crippen molar-refractivity contribution in [3.8, 4) is 0 Å². The van der Waals surface area contributed by atoms with Crippen molar-refractivity contribution in [1.29, 1.82) is 0 Å². The molecule has 0 amide bonds. The topological polar surface area (TPSA) is 58.2 Å². The predicted molar refractivity (Wildman–Crippen MR) is 67.7 cm³/mol. The highest BCUT2D eigenvalue weighted by Crippen LogP contribution is 2.31. The van der Waals surface area contributed by atoms with E-state index in [2.05, 4.69) is 5.32 Å². The van der Waals surface area contributed by atoms with Gasteiger partial charge < -0.3 is 5.32 Å². The van der Waals surface area contributed by atoms with E-state index in [1.807, 2.05) is 0 Å². The second-order valence-corrected chi connectivity index (χ2v) is 6.32. The molecule has 1 fully saturated rings. The zero-order valence-electron chi connectivity index (χ0n) is 10.6. The molecule has 1 aromatic rings. The van der Waals surface area contributed by atoms with Crippen LogP contribution in [-0.4, -0.2) is 27.8 Å². The first kappa shape index (κ1) is 15.3. The third-order valence-corrected chi connectivity index (χ3v) is 4.69. The highest BCUT2D eigenvalue weighted by Gasteiger charge is 2.36. The minimum Gasteiger partial charge on any atom is -0.317 e. The fourth-order valence-electron chi connectivity index (χ4n) is 2.40. The van der Waals surface area contributed by atoms with Gasteiger partial charge in [0.25, 0.3) is 0 Å². The van der Waals surface area contributed by atoms with Gasteiger partial charge in [-0.1, -0.05) is 18.2 Å². The number of rotatable bonds is 3. The molecule has 0 unspecified atom stereocenters. The van der Waals surface area contributed by atoms with Gasteiger partial charge in [-0.3, -0.25) is 0 Å². The van der Waals surface area contributed by atoms with Crippen molar-refractivity contribution in [2.24, 2.45) is 0 Å². The molecule has 0 radical (unpaired) electrons. The molecule has 1 saturated heterocycles. The molecule has 2 N–H and O–H groups in total. The van der Waals surface area contributed by atoms with Gasteiger partial charge in [-0.2, -0.15) is 13.2 Å². The summed E-state index contributed by atoms with van der Waals surface area (Å²) in [5.74, 6) is -0.0442. The summed E-state index contributed by atoms with van der Waals surface area (Å²) in [4.78, 5) is -0.288. The van der Waals surface area contributed by atoms with Crippen LogP contribution in [0.3, 0.4) is 0 Å². The zero-order chi connectivity index (χ0) is 14.8. The van der Waals surface area contributed by atoms with Crippen molar-refractivity contribution >= 4 is 10.0 Å². The molecule has 1 aliphatic rings. The maximum atomic E-state index is 12.3. The number of piperidine rings is 1. The maximum absolute atomic E-state index is 12.3. The largest absolute Gasteiger partial charge is 0.470 e. The van der Waals surface area contributed by atoms with E-state index in [1.165, 1.54) is 12.1 Å². The van der Waals surface area contributed by atoms with Crippen molar-refractivity contribution < 1.29 is 21.6 Å². The lowest BCUT2D eigenvalue weighted by atomic mass is 9.90. The molecule has 0 spiro atoms. The Hall–Kier alpha value is -1.12. The Balaban J connectivity index is 2.36. The van der Waals surface area contributed by atoms with E-state index in [9.17, 15) is 21.6 Å². The minimum atomic E-state index is -4.97. The number of benzene rings is 1. The highest BCUT2D eigenvalue weighted by molar-refractivity contribution is 7.89. The first-order valence-corrected chi connectivity index (χ1v) is 7.68. The minimum absolute atomic E-state index is 0.0442. The quantitative estimate of drug-likeness (QED) is 0.839. The third kappa shape index (κ3) is 3.71. The van der Waals surface area contributed by atoms with Crippen LogP contribution in [0.4, 0.5) is 13.2 Å². The van der Waals surface area contributed by atoms with Crippen LogP contribution in [0.15, 0.2) is 29.2 Å². The lowest BCUT2D eigenvalue weighted by Gasteiger charge is -2.25. The summed E-state index contributed by atoms with van der Waals surface area (Å²) in [7, 11) is -4.59. The van der Waals surface area contributed by atoms with Gasteiger partial charge in [0.1, 0.15) is 0 Å².